The predicted octanol–water partition coefficient (Wildman–Crippen LogP) is 4.36. The third-order valence-electron chi connectivity index (χ3n) is 2.44. The van der Waals surface area contributed by atoms with Gasteiger partial charge in [-0.15, -0.1) is 0 Å². The van der Waals surface area contributed by atoms with Crippen molar-refractivity contribution in [3.8, 4) is 11.5 Å². The Labute approximate surface area is 110 Å². The fourth-order valence-electron chi connectivity index (χ4n) is 1.52. The van der Waals surface area contributed by atoms with E-state index in [2.05, 4.69) is 0 Å². The van der Waals surface area contributed by atoms with Crippen molar-refractivity contribution in [2.45, 2.75) is 6.18 Å². The van der Waals surface area contributed by atoms with Crippen molar-refractivity contribution in [1.82, 2.24) is 0 Å². The van der Waals surface area contributed by atoms with Crippen LogP contribution in [0.4, 0.5) is 27.6 Å². The van der Waals surface area contributed by atoms with Gasteiger partial charge in [-0.1, -0.05) is 6.07 Å². The normalized spacial score (nSPS) is 11.4. The van der Waals surface area contributed by atoms with E-state index < -0.39 is 29.1 Å². The Hall–Kier alpha value is -2.31. The summed E-state index contributed by atoms with van der Waals surface area (Å²) in [6, 6.07) is 5.28. The van der Waals surface area contributed by atoms with Crippen molar-refractivity contribution in [2.75, 3.05) is 5.73 Å². The first-order valence-electron chi connectivity index (χ1n) is 5.37. The van der Waals surface area contributed by atoms with Gasteiger partial charge in [0.25, 0.3) is 0 Å². The summed E-state index contributed by atoms with van der Waals surface area (Å²) in [5.41, 5.74) is 3.80. The number of benzene rings is 2. The van der Waals surface area contributed by atoms with Crippen molar-refractivity contribution in [3.63, 3.8) is 0 Å². The van der Waals surface area contributed by atoms with E-state index in [-0.39, 0.29) is 11.4 Å². The van der Waals surface area contributed by atoms with Gasteiger partial charge in [0.2, 0.25) is 0 Å². The second-order valence-electron chi connectivity index (χ2n) is 3.93. The molecule has 0 bridgehead atoms. The molecule has 2 aromatic carbocycles. The van der Waals surface area contributed by atoms with Crippen molar-refractivity contribution in [1.29, 1.82) is 0 Å². The number of rotatable bonds is 2. The average molecular weight is 289 g/mol. The maximum absolute atomic E-state index is 13.2. The van der Waals surface area contributed by atoms with Crippen molar-refractivity contribution in [3.05, 3.63) is 53.6 Å². The number of nitrogens with two attached hydrogens (primary N) is 1. The highest BCUT2D eigenvalue weighted by molar-refractivity contribution is 5.54. The lowest BCUT2D eigenvalue weighted by atomic mass is 10.2. The Balaban J connectivity index is 2.39. The van der Waals surface area contributed by atoms with Crippen LogP contribution in [0.5, 0.6) is 11.5 Å². The summed E-state index contributed by atoms with van der Waals surface area (Å²) in [6.45, 7) is 0. The molecule has 0 atom stereocenters. The summed E-state index contributed by atoms with van der Waals surface area (Å²) in [6.07, 6.45) is -4.71. The van der Waals surface area contributed by atoms with E-state index in [0.29, 0.717) is 12.1 Å². The van der Waals surface area contributed by atoms with Crippen LogP contribution in [0.25, 0.3) is 0 Å². The summed E-state index contributed by atoms with van der Waals surface area (Å²) in [5, 5.41) is 0. The van der Waals surface area contributed by atoms with Crippen LogP contribution in [0.15, 0.2) is 36.4 Å². The molecule has 0 aromatic heterocycles. The molecule has 106 valence electrons. The molecule has 0 unspecified atom stereocenters. The number of alkyl halides is 3. The van der Waals surface area contributed by atoms with E-state index in [4.69, 9.17) is 10.5 Å². The molecule has 0 radical (unpaired) electrons. The van der Waals surface area contributed by atoms with E-state index in [0.717, 1.165) is 12.1 Å². The summed E-state index contributed by atoms with van der Waals surface area (Å²) in [5.74, 6) is -2.52. The number of para-hydroxylation sites is 1. The van der Waals surface area contributed by atoms with Gasteiger partial charge >= 0.3 is 6.18 Å². The molecule has 0 amide bonds. The number of hydrogen-bond acceptors (Lipinski definition) is 2. The van der Waals surface area contributed by atoms with Gasteiger partial charge in [0, 0.05) is 6.07 Å². The zero-order valence-electron chi connectivity index (χ0n) is 9.84. The standard InChI is InChI=1S/C13H8F5NO/c14-8-4-7(13(16,17)18)5-9(6-8)20-11-3-1-2-10(15)12(11)19/h1-6H,19H2. The summed E-state index contributed by atoms with van der Waals surface area (Å²) in [7, 11) is 0. The van der Waals surface area contributed by atoms with Crippen molar-refractivity contribution in [2.24, 2.45) is 0 Å². The number of hydrogen-bond donors (Lipinski definition) is 1. The topological polar surface area (TPSA) is 35.2 Å². The molecular weight excluding hydrogens is 281 g/mol. The third kappa shape index (κ3) is 2.98. The Kier molecular flexibility index (Phi) is 3.52. The third-order valence-corrected chi connectivity index (χ3v) is 2.44. The predicted molar refractivity (Wildman–Crippen MR) is 62.3 cm³/mol. The highest BCUT2D eigenvalue weighted by Gasteiger charge is 2.31. The van der Waals surface area contributed by atoms with Crippen LogP contribution in [0.2, 0.25) is 0 Å². The largest absolute Gasteiger partial charge is 0.455 e. The molecule has 0 fully saturated rings. The molecule has 0 aliphatic rings. The molecule has 0 spiro atoms. The van der Waals surface area contributed by atoms with Gasteiger partial charge in [-0.2, -0.15) is 13.2 Å². The second kappa shape index (κ2) is 4.99. The SMILES string of the molecule is Nc1c(F)cccc1Oc1cc(F)cc(C(F)(F)F)c1. The molecule has 2 N–H and O–H groups in total. The van der Waals surface area contributed by atoms with Crippen LogP contribution in [0.3, 0.4) is 0 Å². The molecular formula is C13H8F5NO. The molecule has 0 aliphatic heterocycles. The van der Waals surface area contributed by atoms with Crippen LogP contribution >= 0.6 is 0 Å². The molecule has 2 aromatic rings. The van der Waals surface area contributed by atoms with E-state index in [1.807, 2.05) is 0 Å². The van der Waals surface area contributed by atoms with Gasteiger partial charge in [-0.3, -0.25) is 0 Å². The van der Waals surface area contributed by atoms with Gasteiger partial charge in [0.1, 0.15) is 23.1 Å². The minimum Gasteiger partial charge on any atom is -0.455 e. The molecule has 20 heavy (non-hydrogen) atoms. The Morgan fingerprint density at radius 3 is 2.35 bits per heavy atom. The molecule has 0 heterocycles. The van der Waals surface area contributed by atoms with Crippen LogP contribution in [0, 0.1) is 11.6 Å². The lowest BCUT2D eigenvalue weighted by Crippen LogP contribution is -2.05. The van der Waals surface area contributed by atoms with Gasteiger partial charge in [-0.25, -0.2) is 8.78 Å². The Morgan fingerprint density at radius 1 is 1.00 bits per heavy atom. The maximum Gasteiger partial charge on any atom is 0.416 e. The summed E-state index contributed by atoms with van der Waals surface area (Å²) in [4.78, 5) is 0. The van der Waals surface area contributed by atoms with Gasteiger partial charge < -0.3 is 10.5 Å². The minimum absolute atomic E-state index is 0.191. The molecule has 0 saturated carbocycles. The lowest BCUT2D eigenvalue weighted by molar-refractivity contribution is -0.137. The lowest BCUT2D eigenvalue weighted by Gasteiger charge is -2.12. The number of anilines is 1. The van der Waals surface area contributed by atoms with Gasteiger partial charge in [-0.05, 0) is 24.3 Å². The van der Waals surface area contributed by atoms with Gasteiger partial charge in [0.15, 0.2) is 5.75 Å². The van der Waals surface area contributed by atoms with Crippen LogP contribution in [-0.2, 0) is 6.18 Å². The Morgan fingerprint density at radius 2 is 1.70 bits per heavy atom. The highest BCUT2D eigenvalue weighted by atomic mass is 19.4. The van der Waals surface area contributed by atoms with Crippen LogP contribution < -0.4 is 10.5 Å². The summed E-state index contributed by atoms with van der Waals surface area (Å²) < 4.78 is 68.9. The smallest absolute Gasteiger partial charge is 0.416 e. The van der Waals surface area contributed by atoms with Crippen molar-refractivity contribution < 1.29 is 26.7 Å². The Bertz CT molecular complexity index is 639. The minimum atomic E-state index is -4.71. The first-order valence-corrected chi connectivity index (χ1v) is 5.37. The molecule has 7 heteroatoms. The van der Waals surface area contributed by atoms with E-state index in [1.165, 1.54) is 12.1 Å². The second-order valence-corrected chi connectivity index (χ2v) is 3.93. The van der Waals surface area contributed by atoms with E-state index >= 15 is 0 Å². The fourth-order valence-corrected chi connectivity index (χ4v) is 1.52. The van der Waals surface area contributed by atoms with Gasteiger partial charge in [0.05, 0.1) is 5.56 Å². The molecule has 2 nitrogen and oxygen atoms in total. The van der Waals surface area contributed by atoms with Crippen molar-refractivity contribution >= 4 is 5.69 Å². The van der Waals surface area contributed by atoms with Crippen LogP contribution in [0.1, 0.15) is 5.56 Å². The molecule has 0 aliphatic carbocycles. The zero-order chi connectivity index (χ0) is 14.9. The zero-order valence-corrected chi connectivity index (χ0v) is 9.84. The molecule has 2 rings (SSSR count). The monoisotopic (exact) mass is 289 g/mol. The number of halogens is 5. The first kappa shape index (κ1) is 14.1. The average Bonchev–Trinajstić information content (AvgIpc) is 2.33. The quantitative estimate of drug-likeness (QED) is 0.658. The maximum atomic E-state index is 13.2. The van der Waals surface area contributed by atoms with Crippen LogP contribution in [-0.4, -0.2) is 0 Å². The summed E-state index contributed by atoms with van der Waals surface area (Å²) >= 11 is 0. The molecule has 0 saturated heterocycles. The number of nitrogen functional groups attached to an aromatic ring is 1. The highest BCUT2D eigenvalue weighted by Crippen LogP contribution is 2.35. The van der Waals surface area contributed by atoms with E-state index in [1.54, 1.807) is 0 Å². The number of ether oxygens (including phenoxy) is 1. The first-order chi connectivity index (χ1) is 9.27. The van der Waals surface area contributed by atoms with E-state index in [9.17, 15) is 22.0 Å². The fraction of sp³-hybridized carbons (Fsp3) is 0.0769.